The molecule has 0 atom stereocenters. The number of hydrogen-bond acceptors (Lipinski definition) is 4. The van der Waals surface area contributed by atoms with E-state index in [0.717, 1.165) is 10.1 Å². The molecule has 0 fully saturated rings. The minimum atomic E-state index is -0.674. The maximum absolute atomic E-state index is 12.9. The molecule has 0 saturated carbocycles. The highest BCUT2D eigenvalue weighted by Gasteiger charge is 2.25. The fraction of sp³-hybridized carbons (Fsp3) is 0.400. The van der Waals surface area contributed by atoms with Crippen LogP contribution in [-0.4, -0.2) is 26.0 Å². The molecule has 7 heteroatoms. The summed E-state index contributed by atoms with van der Waals surface area (Å²) in [5, 5.41) is 9.35. The van der Waals surface area contributed by atoms with E-state index in [9.17, 15) is 19.6 Å². The quantitative estimate of drug-likeness (QED) is 0.797. The second-order valence-electron chi connectivity index (χ2n) is 6.96. The smallest absolute Gasteiger partial charge is 0.331 e. The molecular weight excluding hydrogens is 344 g/mol. The summed E-state index contributed by atoms with van der Waals surface area (Å²) in [6.07, 6.45) is 1.25. The lowest BCUT2D eigenvalue weighted by Crippen LogP contribution is -2.47. The number of aromatic nitrogens is 2. The van der Waals surface area contributed by atoms with Crippen molar-refractivity contribution in [1.29, 1.82) is 5.26 Å². The number of nitrogens with zero attached hydrogens (tertiary/aromatic N) is 4. The minimum absolute atomic E-state index is 0.0287. The molecule has 0 aliphatic carbocycles. The van der Waals surface area contributed by atoms with E-state index in [4.69, 9.17) is 0 Å². The first-order chi connectivity index (χ1) is 12.9. The van der Waals surface area contributed by atoms with Gasteiger partial charge in [0.25, 0.3) is 5.56 Å². The van der Waals surface area contributed by atoms with Gasteiger partial charge < -0.3 is 4.90 Å². The fourth-order valence-corrected chi connectivity index (χ4v) is 3.45. The SMILES string of the molecule is CC(C)N(Cc1ccccc1)C(=O)Cn1c(=O)c(C#N)c2n(c1=O)CCC2. The molecule has 27 heavy (non-hydrogen) atoms. The van der Waals surface area contributed by atoms with Crippen LogP contribution in [0.25, 0.3) is 0 Å². The molecule has 0 saturated heterocycles. The van der Waals surface area contributed by atoms with Crippen molar-refractivity contribution in [3.63, 3.8) is 0 Å². The molecule has 0 spiro atoms. The Morgan fingerprint density at radius 2 is 1.96 bits per heavy atom. The molecule has 3 rings (SSSR count). The Bertz CT molecular complexity index is 1010. The Morgan fingerprint density at radius 1 is 1.26 bits per heavy atom. The summed E-state index contributed by atoms with van der Waals surface area (Å²) in [6, 6.07) is 11.4. The van der Waals surface area contributed by atoms with Gasteiger partial charge in [0, 0.05) is 24.8 Å². The molecule has 0 N–H and O–H groups in total. The minimum Gasteiger partial charge on any atom is -0.334 e. The zero-order valence-electron chi connectivity index (χ0n) is 15.5. The molecule has 1 aliphatic rings. The van der Waals surface area contributed by atoms with Crippen molar-refractivity contribution in [2.75, 3.05) is 0 Å². The van der Waals surface area contributed by atoms with Gasteiger partial charge in [0.15, 0.2) is 0 Å². The van der Waals surface area contributed by atoms with Crippen molar-refractivity contribution >= 4 is 5.91 Å². The lowest BCUT2D eigenvalue weighted by Gasteiger charge is -2.27. The number of amides is 1. The van der Waals surface area contributed by atoms with Crippen molar-refractivity contribution in [2.24, 2.45) is 0 Å². The highest BCUT2D eigenvalue weighted by Crippen LogP contribution is 2.14. The third-order valence-corrected chi connectivity index (χ3v) is 4.88. The summed E-state index contributed by atoms with van der Waals surface area (Å²) in [6.45, 7) is 4.27. The second kappa shape index (κ2) is 7.62. The van der Waals surface area contributed by atoms with Crippen LogP contribution in [0.4, 0.5) is 0 Å². The summed E-state index contributed by atoms with van der Waals surface area (Å²) in [4.78, 5) is 39.8. The van der Waals surface area contributed by atoms with E-state index in [1.165, 1.54) is 4.57 Å². The maximum Gasteiger partial charge on any atom is 0.331 e. The van der Waals surface area contributed by atoms with Gasteiger partial charge in [-0.05, 0) is 32.3 Å². The number of carbonyl (C=O) groups is 1. The molecule has 0 unspecified atom stereocenters. The van der Waals surface area contributed by atoms with Crippen molar-refractivity contribution in [3.8, 4) is 6.07 Å². The van der Waals surface area contributed by atoms with Crippen LogP contribution < -0.4 is 11.2 Å². The van der Waals surface area contributed by atoms with Gasteiger partial charge in [-0.15, -0.1) is 0 Å². The van der Waals surface area contributed by atoms with Crippen LogP contribution in [0.5, 0.6) is 0 Å². The number of benzene rings is 1. The van der Waals surface area contributed by atoms with Crippen LogP contribution in [0.2, 0.25) is 0 Å². The first-order valence-corrected chi connectivity index (χ1v) is 9.04. The number of nitriles is 1. The molecule has 2 heterocycles. The maximum atomic E-state index is 12.9. The van der Waals surface area contributed by atoms with Crippen molar-refractivity contribution in [1.82, 2.24) is 14.0 Å². The van der Waals surface area contributed by atoms with Gasteiger partial charge in [-0.1, -0.05) is 30.3 Å². The Kier molecular flexibility index (Phi) is 5.26. The Hall–Kier alpha value is -3.14. The van der Waals surface area contributed by atoms with Gasteiger partial charge in [0.1, 0.15) is 18.2 Å². The number of carbonyl (C=O) groups excluding carboxylic acids is 1. The van der Waals surface area contributed by atoms with Crippen LogP contribution >= 0.6 is 0 Å². The topological polar surface area (TPSA) is 88.1 Å². The first-order valence-electron chi connectivity index (χ1n) is 9.04. The summed E-state index contributed by atoms with van der Waals surface area (Å²) < 4.78 is 2.35. The van der Waals surface area contributed by atoms with Crippen LogP contribution in [0, 0.1) is 11.3 Å². The van der Waals surface area contributed by atoms with E-state index in [2.05, 4.69) is 0 Å². The Labute approximate surface area is 157 Å². The van der Waals surface area contributed by atoms with Gasteiger partial charge in [-0.2, -0.15) is 5.26 Å². The fourth-order valence-electron chi connectivity index (χ4n) is 3.45. The van der Waals surface area contributed by atoms with E-state index in [-0.39, 0.29) is 24.1 Å². The summed E-state index contributed by atoms with van der Waals surface area (Å²) in [7, 11) is 0. The van der Waals surface area contributed by atoms with Crippen LogP contribution in [0.15, 0.2) is 39.9 Å². The van der Waals surface area contributed by atoms with E-state index in [1.807, 2.05) is 50.2 Å². The largest absolute Gasteiger partial charge is 0.334 e. The predicted molar refractivity (Wildman–Crippen MR) is 100 cm³/mol. The molecule has 1 aromatic carbocycles. The standard InChI is InChI=1S/C20H22N4O3/c1-14(2)23(12-15-7-4-3-5-8-15)18(25)13-24-19(26)16(11-21)17-9-6-10-22(17)20(24)27/h3-5,7-8,14H,6,9-10,12-13H2,1-2H3. The monoisotopic (exact) mass is 366 g/mol. The molecule has 0 bridgehead atoms. The van der Waals surface area contributed by atoms with Gasteiger partial charge in [0.2, 0.25) is 5.91 Å². The highest BCUT2D eigenvalue weighted by atomic mass is 16.2. The molecule has 1 amide bonds. The van der Waals surface area contributed by atoms with Crippen molar-refractivity contribution < 1.29 is 4.79 Å². The van der Waals surface area contributed by atoms with Crippen LogP contribution in [0.1, 0.15) is 37.1 Å². The summed E-state index contributed by atoms with van der Waals surface area (Å²) >= 11 is 0. The second-order valence-corrected chi connectivity index (χ2v) is 6.96. The lowest BCUT2D eigenvalue weighted by atomic mass is 10.2. The van der Waals surface area contributed by atoms with Crippen LogP contribution in [0.3, 0.4) is 0 Å². The van der Waals surface area contributed by atoms with Crippen molar-refractivity contribution in [3.05, 3.63) is 68.0 Å². The highest BCUT2D eigenvalue weighted by molar-refractivity contribution is 5.76. The van der Waals surface area contributed by atoms with E-state index < -0.39 is 11.2 Å². The number of fused-ring (bicyclic) bond motifs is 1. The number of hydrogen-bond donors (Lipinski definition) is 0. The number of rotatable bonds is 5. The Morgan fingerprint density at radius 3 is 2.59 bits per heavy atom. The summed E-state index contributed by atoms with van der Waals surface area (Å²) in [5.74, 6) is -0.324. The van der Waals surface area contributed by atoms with Gasteiger partial charge in [-0.25, -0.2) is 9.36 Å². The lowest BCUT2D eigenvalue weighted by molar-refractivity contribution is -0.134. The average Bonchev–Trinajstić information content (AvgIpc) is 3.14. The average molecular weight is 366 g/mol. The van der Waals surface area contributed by atoms with E-state index in [0.29, 0.717) is 31.6 Å². The van der Waals surface area contributed by atoms with Gasteiger partial charge >= 0.3 is 5.69 Å². The van der Waals surface area contributed by atoms with Crippen molar-refractivity contribution in [2.45, 2.75) is 52.4 Å². The third kappa shape index (κ3) is 3.56. The van der Waals surface area contributed by atoms with Gasteiger partial charge in [-0.3, -0.25) is 14.2 Å². The molecule has 0 radical (unpaired) electrons. The third-order valence-electron chi connectivity index (χ3n) is 4.88. The zero-order valence-corrected chi connectivity index (χ0v) is 15.5. The molecular formula is C20H22N4O3. The van der Waals surface area contributed by atoms with E-state index in [1.54, 1.807) is 4.90 Å². The molecule has 140 valence electrons. The molecule has 1 aliphatic heterocycles. The molecule has 1 aromatic heterocycles. The van der Waals surface area contributed by atoms with E-state index >= 15 is 0 Å². The van der Waals surface area contributed by atoms with Gasteiger partial charge in [0.05, 0.1) is 0 Å². The predicted octanol–water partition coefficient (Wildman–Crippen LogP) is 1.27. The van der Waals surface area contributed by atoms with Crippen LogP contribution in [-0.2, 0) is 30.8 Å². The Balaban J connectivity index is 1.94. The molecule has 7 nitrogen and oxygen atoms in total. The normalized spacial score (nSPS) is 12.7. The molecule has 2 aromatic rings. The zero-order chi connectivity index (χ0) is 19.6. The first kappa shape index (κ1) is 18.6. The summed E-state index contributed by atoms with van der Waals surface area (Å²) in [5.41, 5.74) is 0.242.